The first-order valence-corrected chi connectivity index (χ1v) is 7.55. The third-order valence-corrected chi connectivity index (χ3v) is 4.38. The highest BCUT2D eigenvalue weighted by Gasteiger charge is 2.29. The van der Waals surface area contributed by atoms with Gasteiger partial charge in [0, 0.05) is 32.1 Å². The SMILES string of the molecule is N#Cc1ccc(N2CCN(C(=O)C3CCCC3)CC2)nn1. The molecule has 1 aliphatic heterocycles. The Labute approximate surface area is 124 Å². The Balaban J connectivity index is 1.57. The molecule has 0 N–H and O–H groups in total. The van der Waals surface area contributed by atoms with Crippen molar-refractivity contribution >= 4 is 11.7 Å². The van der Waals surface area contributed by atoms with Crippen molar-refractivity contribution in [1.82, 2.24) is 15.1 Å². The lowest BCUT2D eigenvalue weighted by molar-refractivity contribution is -0.135. The first-order chi connectivity index (χ1) is 10.3. The largest absolute Gasteiger partial charge is 0.352 e. The van der Waals surface area contributed by atoms with Gasteiger partial charge in [-0.25, -0.2) is 0 Å². The molecule has 2 heterocycles. The maximum atomic E-state index is 12.4. The minimum absolute atomic E-state index is 0.256. The number of carbonyl (C=O) groups is 1. The highest BCUT2D eigenvalue weighted by molar-refractivity contribution is 5.79. The van der Waals surface area contributed by atoms with Crippen molar-refractivity contribution in [3.63, 3.8) is 0 Å². The van der Waals surface area contributed by atoms with E-state index in [1.165, 1.54) is 12.8 Å². The summed E-state index contributed by atoms with van der Waals surface area (Å²) in [6.45, 7) is 3.05. The highest BCUT2D eigenvalue weighted by atomic mass is 16.2. The Morgan fingerprint density at radius 1 is 1.14 bits per heavy atom. The molecule has 1 saturated heterocycles. The van der Waals surface area contributed by atoms with E-state index in [0.717, 1.165) is 44.8 Å². The topological polar surface area (TPSA) is 73.1 Å². The van der Waals surface area contributed by atoms with E-state index < -0.39 is 0 Å². The van der Waals surface area contributed by atoms with Gasteiger partial charge in [0.15, 0.2) is 11.5 Å². The van der Waals surface area contributed by atoms with Crippen molar-refractivity contribution in [3.05, 3.63) is 17.8 Å². The van der Waals surface area contributed by atoms with Gasteiger partial charge in [0.25, 0.3) is 0 Å². The van der Waals surface area contributed by atoms with E-state index in [-0.39, 0.29) is 5.92 Å². The molecule has 0 unspecified atom stereocenters. The van der Waals surface area contributed by atoms with E-state index in [4.69, 9.17) is 5.26 Å². The number of carbonyl (C=O) groups excluding carboxylic acids is 1. The van der Waals surface area contributed by atoms with Crippen LogP contribution in [0.3, 0.4) is 0 Å². The fourth-order valence-electron chi connectivity index (χ4n) is 3.14. The van der Waals surface area contributed by atoms with Crippen LogP contribution in [0.2, 0.25) is 0 Å². The zero-order valence-electron chi connectivity index (χ0n) is 12.0. The minimum atomic E-state index is 0.256. The van der Waals surface area contributed by atoms with Crippen LogP contribution in [0.1, 0.15) is 31.4 Å². The zero-order chi connectivity index (χ0) is 14.7. The van der Waals surface area contributed by atoms with Crippen LogP contribution in [0, 0.1) is 17.2 Å². The summed E-state index contributed by atoms with van der Waals surface area (Å²) >= 11 is 0. The van der Waals surface area contributed by atoms with Gasteiger partial charge in [-0.2, -0.15) is 5.26 Å². The van der Waals surface area contributed by atoms with Crippen LogP contribution in [0.5, 0.6) is 0 Å². The molecule has 1 aromatic rings. The second-order valence-corrected chi connectivity index (χ2v) is 5.68. The molecule has 0 atom stereocenters. The van der Waals surface area contributed by atoms with Crippen molar-refractivity contribution in [1.29, 1.82) is 5.26 Å². The number of piperazine rings is 1. The Bertz CT molecular complexity index is 536. The van der Waals surface area contributed by atoms with Crippen molar-refractivity contribution < 1.29 is 4.79 Å². The number of hydrogen-bond donors (Lipinski definition) is 0. The number of nitrogens with zero attached hydrogens (tertiary/aromatic N) is 5. The smallest absolute Gasteiger partial charge is 0.225 e. The average Bonchev–Trinajstić information content (AvgIpc) is 3.09. The minimum Gasteiger partial charge on any atom is -0.352 e. The zero-order valence-corrected chi connectivity index (χ0v) is 12.0. The van der Waals surface area contributed by atoms with Crippen LogP contribution in [0.4, 0.5) is 5.82 Å². The molecule has 0 bridgehead atoms. The van der Waals surface area contributed by atoms with E-state index in [1.807, 2.05) is 17.0 Å². The summed E-state index contributed by atoms with van der Waals surface area (Å²) in [4.78, 5) is 16.5. The van der Waals surface area contributed by atoms with Crippen LogP contribution in [-0.2, 0) is 4.79 Å². The average molecular weight is 285 g/mol. The Hall–Kier alpha value is -2.16. The summed E-state index contributed by atoms with van der Waals surface area (Å²) in [7, 11) is 0. The van der Waals surface area contributed by atoms with E-state index in [2.05, 4.69) is 15.1 Å². The number of aromatic nitrogens is 2. The van der Waals surface area contributed by atoms with Crippen LogP contribution in [-0.4, -0.2) is 47.2 Å². The maximum absolute atomic E-state index is 12.4. The molecule has 2 fully saturated rings. The molecule has 0 aromatic carbocycles. The summed E-state index contributed by atoms with van der Waals surface area (Å²) in [5.41, 5.74) is 0.328. The molecular weight excluding hydrogens is 266 g/mol. The molecule has 1 aliphatic carbocycles. The quantitative estimate of drug-likeness (QED) is 0.816. The number of hydrogen-bond acceptors (Lipinski definition) is 5. The Morgan fingerprint density at radius 2 is 1.86 bits per heavy atom. The van der Waals surface area contributed by atoms with Gasteiger partial charge in [-0.15, -0.1) is 10.2 Å². The van der Waals surface area contributed by atoms with Gasteiger partial charge in [-0.05, 0) is 25.0 Å². The van der Waals surface area contributed by atoms with Gasteiger partial charge < -0.3 is 9.80 Å². The van der Waals surface area contributed by atoms with Gasteiger partial charge >= 0.3 is 0 Å². The van der Waals surface area contributed by atoms with Crippen LogP contribution >= 0.6 is 0 Å². The normalized spacial score (nSPS) is 19.6. The van der Waals surface area contributed by atoms with Gasteiger partial charge in [0.05, 0.1) is 0 Å². The highest BCUT2D eigenvalue weighted by Crippen LogP contribution is 2.27. The molecule has 1 saturated carbocycles. The van der Waals surface area contributed by atoms with Crippen LogP contribution < -0.4 is 4.90 Å². The Morgan fingerprint density at radius 3 is 2.43 bits per heavy atom. The molecule has 3 rings (SSSR count). The fraction of sp³-hybridized carbons (Fsp3) is 0.600. The first-order valence-electron chi connectivity index (χ1n) is 7.55. The van der Waals surface area contributed by atoms with Crippen LogP contribution in [0.25, 0.3) is 0 Å². The van der Waals surface area contributed by atoms with E-state index in [1.54, 1.807) is 6.07 Å². The predicted octanol–water partition coefficient (Wildman–Crippen LogP) is 1.19. The molecule has 1 aromatic heterocycles. The second-order valence-electron chi connectivity index (χ2n) is 5.68. The van der Waals surface area contributed by atoms with E-state index in [0.29, 0.717) is 11.6 Å². The summed E-state index contributed by atoms with van der Waals surface area (Å²) in [5, 5.41) is 16.7. The molecule has 21 heavy (non-hydrogen) atoms. The van der Waals surface area contributed by atoms with Gasteiger partial charge in [0.2, 0.25) is 5.91 Å². The first kappa shape index (κ1) is 13.8. The van der Waals surface area contributed by atoms with Crippen molar-refractivity contribution in [3.8, 4) is 6.07 Å². The van der Waals surface area contributed by atoms with Crippen LogP contribution in [0.15, 0.2) is 12.1 Å². The van der Waals surface area contributed by atoms with Gasteiger partial charge in [-0.1, -0.05) is 12.8 Å². The molecule has 0 spiro atoms. The number of amides is 1. The lowest BCUT2D eigenvalue weighted by atomic mass is 10.1. The van der Waals surface area contributed by atoms with Gasteiger partial charge in [0.1, 0.15) is 6.07 Å². The molecule has 0 radical (unpaired) electrons. The van der Waals surface area contributed by atoms with Crippen molar-refractivity contribution in [2.24, 2.45) is 5.92 Å². The molecule has 6 nitrogen and oxygen atoms in total. The van der Waals surface area contributed by atoms with Crippen molar-refractivity contribution in [2.45, 2.75) is 25.7 Å². The van der Waals surface area contributed by atoms with Crippen molar-refractivity contribution in [2.75, 3.05) is 31.1 Å². The Kier molecular flexibility index (Phi) is 4.00. The number of rotatable bonds is 2. The molecule has 6 heteroatoms. The monoisotopic (exact) mass is 285 g/mol. The number of nitriles is 1. The summed E-state index contributed by atoms with van der Waals surface area (Å²) in [6, 6.07) is 5.46. The molecular formula is C15H19N5O. The standard InChI is InChI=1S/C15H19N5O/c16-11-13-5-6-14(18-17-13)19-7-9-20(10-8-19)15(21)12-3-1-2-4-12/h5-6,12H,1-4,7-10H2. The third-order valence-electron chi connectivity index (χ3n) is 4.38. The maximum Gasteiger partial charge on any atom is 0.225 e. The lowest BCUT2D eigenvalue weighted by Crippen LogP contribution is -2.50. The third kappa shape index (κ3) is 2.97. The molecule has 2 aliphatic rings. The summed E-state index contributed by atoms with van der Waals surface area (Å²) in [6.07, 6.45) is 4.49. The van der Waals surface area contributed by atoms with E-state index >= 15 is 0 Å². The molecule has 110 valence electrons. The van der Waals surface area contributed by atoms with Gasteiger partial charge in [-0.3, -0.25) is 4.79 Å². The summed E-state index contributed by atoms with van der Waals surface area (Å²) < 4.78 is 0. The molecule has 1 amide bonds. The predicted molar refractivity (Wildman–Crippen MR) is 77.5 cm³/mol. The van der Waals surface area contributed by atoms with E-state index in [9.17, 15) is 4.79 Å². The lowest BCUT2D eigenvalue weighted by Gasteiger charge is -2.36. The number of anilines is 1. The fourth-order valence-corrected chi connectivity index (χ4v) is 3.14. The second kappa shape index (κ2) is 6.08. The summed E-state index contributed by atoms with van der Waals surface area (Å²) in [5.74, 6) is 1.37.